The molecule has 0 saturated carbocycles. The SMILES string of the molecule is C/C=C\C(=C/C)COCCCC. The summed E-state index contributed by atoms with van der Waals surface area (Å²) in [6.45, 7) is 7.87. The molecule has 0 atom stereocenters. The summed E-state index contributed by atoms with van der Waals surface area (Å²) in [4.78, 5) is 0. The molecule has 0 rings (SSSR count). The second kappa shape index (κ2) is 8.54. The van der Waals surface area contributed by atoms with Gasteiger partial charge in [0.2, 0.25) is 0 Å². The number of unbranched alkanes of at least 4 members (excludes halogenated alkanes) is 1. The Morgan fingerprint density at radius 2 is 2.08 bits per heavy atom. The van der Waals surface area contributed by atoms with Crippen molar-refractivity contribution in [3.63, 3.8) is 0 Å². The van der Waals surface area contributed by atoms with Crippen molar-refractivity contribution in [3.05, 3.63) is 23.8 Å². The number of hydrogen-bond acceptors (Lipinski definition) is 1. The minimum atomic E-state index is 0.751. The monoisotopic (exact) mass is 168 g/mol. The Morgan fingerprint density at radius 3 is 2.58 bits per heavy atom. The molecule has 0 radical (unpaired) electrons. The molecule has 0 amide bonds. The summed E-state index contributed by atoms with van der Waals surface area (Å²) in [6.07, 6.45) is 8.58. The molecule has 12 heavy (non-hydrogen) atoms. The normalized spacial score (nSPS) is 12.8. The van der Waals surface area contributed by atoms with Crippen molar-refractivity contribution in [2.75, 3.05) is 13.2 Å². The van der Waals surface area contributed by atoms with E-state index in [4.69, 9.17) is 4.74 Å². The van der Waals surface area contributed by atoms with E-state index in [1.54, 1.807) is 0 Å². The first kappa shape index (κ1) is 11.4. The van der Waals surface area contributed by atoms with E-state index < -0.39 is 0 Å². The van der Waals surface area contributed by atoms with Crippen LogP contribution in [0.4, 0.5) is 0 Å². The molecule has 0 saturated heterocycles. The Balaban J connectivity index is 3.46. The molecule has 0 heterocycles. The van der Waals surface area contributed by atoms with Crippen molar-refractivity contribution in [2.24, 2.45) is 0 Å². The van der Waals surface area contributed by atoms with E-state index in [0.717, 1.165) is 19.6 Å². The van der Waals surface area contributed by atoms with Crippen molar-refractivity contribution in [1.29, 1.82) is 0 Å². The predicted octanol–water partition coefficient (Wildman–Crippen LogP) is 3.33. The molecule has 0 aliphatic rings. The Bertz CT molecular complexity index is 145. The van der Waals surface area contributed by atoms with E-state index in [2.05, 4.69) is 19.1 Å². The van der Waals surface area contributed by atoms with Crippen LogP contribution in [-0.2, 0) is 4.74 Å². The summed E-state index contributed by atoms with van der Waals surface area (Å²) in [6, 6.07) is 0. The quantitative estimate of drug-likeness (QED) is 0.436. The highest BCUT2D eigenvalue weighted by Crippen LogP contribution is 1.98. The smallest absolute Gasteiger partial charge is 0.0713 e. The molecule has 0 aromatic carbocycles. The highest BCUT2D eigenvalue weighted by atomic mass is 16.5. The lowest BCUT2D eigenvalue weighted by atomic mass is 10.2. The van der Waals surface area contributed by atoms with E-state index in [9.17, 15) is 0 Å². The van der Waals surface area contributed by atoms with Gasteiger partial charge in [0.05, 0.1) is 6.61 Å². The maximum absolute atomic E-state index is 5.46. The van der Waals surface area contributed by atoms with Crippen LogP contribution in [0.15, 0.2) is 23.8 Å². The summed E-state index contributed by atoms with van der Waals surface area (Å²) >= 11 is 0. The standard InChI is InChI=1S/C11H20O/c1-4-7-9-12-10-11(6-3)8-5-2/h5-6,8H,4,7,9-10H2,1-3H3/b8-5-,11-6+. The van der Waals surface area contributed by atoms with Gasteiger partial charge in [0.25, 0.3) is 0 Å². The maximum Gasteiger partial charge on any atom is 0.0713 e. The van der Waals surface area contributed by atoms with Crippen molar-refractivity contribution < 1.29 is 4.74 Å². The molecular formula is C11H20O. The van der Waals surface area contributed by atoms with Crippen LogP contribution in [0.25, 0.3) is 0 Å². The summed E-state index contributed by atoms with van der Waals surface area (Å²) in [5.74, 6) is 0. The summed E-state index contributed by atoms with van der Waals surface area (Å²) < 4.78 is 5.46. The molecule has 1 nitrogen and oxygen atoms in total. The van der Waals surface area contributed by atoms with E-state index >= 15 is 0 Å². The molecule has 0 aliphatic heterocycles. The van der Waals surface area contributed by atoms with Gasteiger partial charge < -0.3 is 4.74 Å². The van der Waals surface area contributed by atoms with Gasteiger partial charge in [-0.1, -0.05) is 31.6 Å². The fraction of sp³-hybridized carbons (Fsp3) is 0.636. The van der Waals surface area contributed by atoms with Crippen molar-refractivity contribution in [2.45, 2.75) is 33.6 Å². The Morgan fingerprint density at radius 1 is 1.33 bits per heavy atom. The lowest BCUT2D eigenvalue weighted by Gasteiger charge is -2.02. The second-order valence-corrected chi connectivity index (χ2v) is 2.77. The number of ether oxygens (including phenoxy) is 1. The molecule has 0 unspecified atom stereocenters. The first-order valence-corrected chi connectivity index (χ1v) is 4.70. The van der Waals surface area contributed by atoms with Gasteiger partial charge in [-0.05, 0) is 25.8 Å². The Labute approximate surface area is 76.1 Å². The summed E-state index contributed by atoms with van der Waals surface area (Å²) in [7, 11) is 0. The number of hydrogen-bond donors (Lipinski definition) is 0. The lowest BCUT2D eigenvalue weighted by Crippen LogP contribution is -1.97. The molecule has 0 bridgehead atoms. The first-order chi connectivity index (χ1) is 5.85. The van der Waals surface area contributed by atoms with Crippen LogP contribution in [0, 0.1) is 0 Å². The van der Waals surface area contributed by atoms with Gasteiger partial charge in [0, 0.05) is 6.61 Å². The molecule has 0 fully saturated rings. The highest BCUT2D eigenvalue weighted by molar-refractivity contribution is 5.17. The van der Waals surface area contributed by atoms with Gasteiger partial charge in [-0.3, -0.25) is 0 Å². The van der Waals surface area contributed by atoms with Crippen LogP contribution >= 0.6 is 0 Å². The summed E-state index contributed by atoms with van der Waals surface area (Å²) in [5.41, 5.74) is 1.26. The Hall–Kier alpha value is -0.560. The molecule has 1 heteroatoms. The van der Waals surface area contributed by atoms with E-state index in [-0.39, 0.29) is 0 Å². The zero-order chi connectivity index (χ0) is 9.23. The minimum Gasteiger partial charge on any atom is -0.377 e. The van der Waals surface area contributed by atoms with Gasteiger partial charge in [0.1, 0.15) is 0 Å². The van der Waals surface area contributed by atoms with Crippen LogP contribution in [0.5, 0.6) is 0 Å². The first-order valence-electron chi connectivity index (χ1n) is 4.70. The zero-order valence-electron chi connectivity index (χ0n) is 8.47. The molecule has 0 N–H and O–H groups in total. The van der Waals surface area contributed by atoms with Crippen LogP contribution in [0.1, 0.15) is 33.6 Å². The van der Waals surface area contributed by atoms with E-state index in [0.29, 0.717) is 0 Å². The fourth-order valence-electron chi connectivity index (χ4n) is 0.878. The van der Waals surface area contributed by atoms with Crippen LogP contribution in [0.2, 0.25) is 0 Å². The van der Waals surface area contributed by atoms with Gasteiger partial charge in [0.15, 0.2) is 0 Å². The van der Waals surface area contributed by atoms with Crippen molar-refractivity contribution in [1.82, 2.24) is 0 Å². The van der Waals surface area contributed by atoms with Crippen LogP contribution in [0.3, 0.4) is 0 Å². The molecule has 0 aromatic rings. The van der Waals surface area contributed by atoms with Crippen LogP contribution in [-0.4, -0.2) is 13.2 Å². The fourth-order valence-corrected chi connectivity index (χ4v) is 0.878. The topological polar surface area (TPSA) is 9.23 Å². The van der Waals surface area contributed by atoms with Crippen LogP contribution < -0.4 is 0 Å². The van der Waals surface area contributed by atoms with E-state index in [1.807, 2.05) is 19.9 Å². The summed E-state index contributed by atoms with van der Waals surface area (Å²) in [5, 5.41) is 0. The Kier molecular flexibility index (Phi) is 8.14. The van der Waals surface area contributed by atoms with Crippen molar-refractivity contribution >= 4 is 0 Å². The number of rotatable bonds is 6. The van der Waals surface area contributed by atoms with Gasteiger partial charge >= 0.3 is 0 Å². The third-order valence-electron chi connectivity index (χ3n) is 1.66. The van der Waals surface area contributed by atoms with Gasteiger partial charge in [-0.2, -0.15) is 0 Å². The highest BCUT2D eigenvalue weighted by Gasteiger charge is 1.90. The predicted molar refractivity (Wildman–Crippen MR) is 54.3 cm³/mol. The third kappa shape index (κ3) is 6.17. The minimum absolute atomic E-state index is 0.751. The van der Waals surface area contributed by atoms with E-state index in [1.165, 1.54) is 12.0 Å². The molecular weight excluding hydrogens is 148 g/mol. The average molecular weight is 168 g/mol. The van der Waals surface area contributed by atoms with Gasteiger partial charge in [-0.25, -0.2) is 0 Å². The maximum atomic E-state index is 5.46. The zero-order valence-corrected chi connectivity index (χ0v) is 8.47. The number of allylic oxidation sites excluding steroid dienone is 2. The molecule has 70 valence electrons. The molecule has 0 aliphatic carbocycles. The largest absolute Gasteiger partial charge is 0.377 e. The molecule has 0 aromatic heterocycles. The molecule has 0 spiro atoms. The van der Waals surface area contributed by atoms with Gasteiger partial charge in [-0.15, -0.1) is 0 Å². The average Bonchev–Trinajstić information content (AvgIpc) is 2.10. The lowest BCUT2D eigenvalue weighted by molar-refractivity contribution is 0.154. The third-order valence-corrected chi connectivity index (χ3v) is 1.66. The second-order valence-electron chi connectivity index (χ2n) is 2.77. The van der Waals surface area contributed by atoms with Crippen molar-refractivity contribution in [3.8, 4) is 0 Å².